The molecule has 0 saturated heterocycles. The highest BCUT2D eigenvalue weighted by molar-refractivity contribution is 7.80. The zero-order valence-electron chi connectivity index (χ0n) is 4.75. The van der Waals surface area contributed by atoms with Gasteiger partial charge in [-0.05, 0) is 25.0 Å². The monoisotopic (exact) mass is 136 g/mol. The first kappa shape index (κ1) is 8.27. The first-order valence-corrected chi connectivity index (χ1v) is 3.37. The van der Waals surface area contributed by atoms with Crippen LogP contribution in [0.5, 0.6) is 0 Å². The third kappa shape index (κ3) is 6.27. The fourth-order valence-corrected chi connectivity index (χ4v) is 0.662. The number of hydrogen-bond donors (Lipinski definition) is 3. The van der Waals surface area contributed by atoms with Gasteiger partial charge in [-0.1, -0.05) is 0 Å². The van der Waals surface area contributed by atoms with Crippen LogP contribution in [0.25, 0.3) is 0 Å². The summed E-state index contributed by atoms with van der Waals surface area (Å²) in [5, 5.41) is 16.6. The van der Waals surface area contributed by atoms with Gasteiger partial charge in [0.1, 0.15) is 0 Å². The van der Waals surface area contributed by atoms with E-state index in [-0.39, 0.29) is 0 Å². The van der Waals surface area contributed by atoms with Gasteiger partial charge in [-0.25, -0.2) is 0 Å². The molecule has 0 rings (SSSR count). The number of thiol groups is 1. The Morgan fingerprint density at radius 3 is 2.25 bits per heavy atom. The van der Waals surface area contributed by atoms with E-state index in [1.165, 1.54) is 0 Å². The average Bonchev–Trinajstić information content (AvgIpc) is 1.66. The number of unbranched alkanes of at least 4 members (excludes halogenated alkanes) is 1. The smallest absolute Gasteiger partial charge is 0.151 e. The molecule has 0 atom stereocenters. The summed E-state index contributed by atoms with van der Waals surface area (Å²) >= 11 is 3.96. The Labute approximate surface area is 54.9 Å². The normalized spacial score (nSPS) is 10.5. The van der Waals surface area contributed by atoms with Crippen molar-refractivity contribution in [2.75, 3.05) is 5.75 Å². The lowest BCUT2D eigenvalue weighted by atomic mass is 10.2. The molecule has 0 aliphatic heterocycles. The van der Waals surface area contributed by atoms with E-state index in [1.807, 2.05) is 0 Å². The van der Waals surface area contributed by atoms with Crippen LogP contribution < -0.4 is 0 Å². The van der Waals surface area contributed by atoms with Crippen molar-refractivity contribution >= 4 is 12.6 Å². The van der Waals surface area contributed by atoms with Crippen LogP contribution in [0.4, 0.5) is 0 Å². The maximum atomic E-state index is 8.31. The molecule has 0 aromatic heterocycles. The highest BCUT2D eigenvalue weighted by Gasteiger charge is 1.93. The zero-order valence-corrected chi connectivity index (χ0v) is 5.64. The molecular weight excluding hydrogens is 124 g/mol. The quantitative estimate of drug-likeness (QED) is 0.297. The highest BCUT2D eigenvalue weighted by atomic mass is 32.1. The Kier molecular flexibility index (Phi) is 5.59. The Balaban J connectivity index is 2.72. The van der Waals surface area contributed by atoms with E-state index in [9.17, 15) is 0 Å². The molecule has 0 aromatic carbocycles. The Morgan fingerprint density at radius 1 is 1.25 bits per heavy atom. The van der Waals surface area contributed by atoms with Gasteiger partial charge < -0.3 is 10.2 Å². The van der Waals surface area contributed by atoms with E-state index in [0.29, 0.717) is 6.42 Å². The van der Waals surface area contributed by atoms with E-state index >= 15 is 0 Å². The van der Waals surface area contributed by atoms with Crippen LogP contribution in [0.2, 0.25) is 0 Å². The van der Waals surface area contributed by atoms with E-state index < -0.39 is 6.29 Å². The van der Waals surface area contributed by atoms with Gasteiger partial charge in [-0.3, -0.25) is 0 Å². The summed E-state index contributed by atoms with van der Waals surface area (Å²) in [5.41, 5.74) is 0. The van der Waals surface area contributed by atoms with Gasteiger partial charge in [0, 0.05) is 0 Å². The van der Waals surface area contributed by atoms with Crippen molar-refractivity contribution in [1.29, 1.82) is 0 Å². The molecule has 0 fully saturated rings. The number of rotatable bonds is 4. The van der Waals surface area contributed by atoms with Crippen molar-refractivity contribution in [1.82, 2.24) is 0 Å². The molecule has 3 heteroatoms. The second-order valence-corrected chi connectivity index (χ2v) is 2.15. The van der Waals surface area contributed by atoms with Crippen LogP contribution in [0.3, 0.4) is 0 Å². The molecule has 0 aromatic rings. The molecule has 2 nitrogen and oxygen atoms in total. The Bertz CT molecular complexity index is 47.7. The van der Waals surface area contributed by atoms with Crippen molar-refractivity contribution in [3.05, 3.63) is 0 Å². The third-order valence-corrected chi connectivity index (χ3v) is 1.19. The Morgan fingerprint density at radius 2 is 1.88 bits per heavy atom. The first-order chi connectivity index (χ1) is 3.77. The van der Waals surface area contributed by atoms with Gasteiger partial charge in [0.05, 0.1) is 0 Å². The highest BCUT2D eigenvalue weighted by Crippen LogP contribution is 1.98. The maximum absolute atomic E-state index is 8.31. The lowest BCUT2D eigenvalue weighted by Gasteiger charge is -1.99. The maximum Gasteiger partial charge on any atom is 0.151 e. The minimum absolute atomic E-state index is 0.473. The molecule has 2 N–H and O–H groups in total. The summed E-state index contributed by atoms with van der Waals surface area (Å²) in [6.07, 6.45) is 1.15. The fourth-order valence-electron chi connectivity index (χ4n) is 0.439. The van der Waals surface area contributed by atoms with Crippen LogP contribution in [-0.2, 0) is 0 Å². The van der Waals surface area contributed by atoms with Crippen molar-refractivity contribution in [3.8, 4) is 0 Å². The van der Waals surface area contributed by atoms with Crippen LogP contribution in [0.1, 0.15) is 19.3 Å². The standard InChI is InChI=1S/C5H12O2S/c6-5(7)3-1-2-4-8/h5-8H,1-4H2. The summed E-state index contributed by atoms with van der Waals surface area (Å²) < 4.78 is 0. The van der Waals surface area contributed by atoms with E-state index in [4.69, 9.17) is 10.2 Å². The lowest BCUT2D eigenvalue weighted by Crippen LogP contribution is -2.02. The molecule has 0 radical (unpaired) electrons. The fraction of sp³-hybridized carbons (Fsp3) is 1.00. The van der Waals surface area contributed by atoms with E-state index in [2.05, 4.69) is 12.6 Å². The van der Waals surface area contributed by atoms with Gasteiger partial charge in [0.2, 0.25) is 0 Å². The number of aliphatic hydroxyl groups is 2. The summed E-state index contributed by atoms with van der Waals surface area (Å²) in [4.78, 5) is 0. The van der Waals surface area contributed by atoms with Crippen molar-refractivity contribution in [2.45, 2.75) is 25.6 Å². The van der Waals surface area contributed by atoms with E-state index in [0.717, 1.165) is 18.6 Å². The molecule has 0 saturated carbocycles. The summed E-state index contributed by atoms with van der Waals surface area (Å²) in [7, 11) is 0. The van der Waals surface area contributed by atoms with Crippen molar-refractivity contribution in [3.63, 3.8) is 0 Å². The largest absolute Gasteiger partial charge is 0.368 e. The second-order valence-electron chi connectivity index (χ2n) is 1.70. The molecule has 0 unspecified atom stereocenters. The van der Waals surface area contributed by atoms with Gasteiger partial charge in [0.15, 0.2) is 6.29 Å². The molecule has 0 heterocycles. The second kappa shape index (κ2) is 5.41. The van der Waals surface area contributed by atoms with Gasteiger partial charge in [-0.15, -0.1) is 0 Å². The minimum Gasteiger partial charge on any atom is -0.368 e. The van der Waals surface area contributed by atoms with Crippen molar-refractivity contribution < 1.29 is 10.2 Å². The van der Waals surface area contributed by atoms with Gasteiger partial charge >= 0.3 is 0 Å². The molecule has 0 bridgehead atoms. The van der Waals surface area contributed by atoms with Crippen LogP contribution in [-0.4, -0.2) is 22.3 Å². The number of hydrogen-bond acceptors (Lipinski definition) is 3. The van der Waals surface area contributed by atoms with Gasteiger partial charge in [0.25, 0.3) is 0 Å². The molecular formula is C5H12O2S. The molecule has 0 aliphatic carbocycles. The summed E-state index contributed by atoms with van der Waals surface area (Å²) in [6, 6.07) is 0. The summed E-state index contributed by atoms with van der Waals surface area (Å²) in [5.74, 6) is 0.826. The predicted molar refractivity (Wildman–Crippen MR) is 35.9 cm³/mol. The molecule has 0 spiro atoms. The predicted octanol–water partition coefficient (Wildman–Crippen LogP) is 0.397. The van der Waals surface area contributed by atoms with E-state index in [1.54, 1.807) is 0 Å². The zero-order chi connectivity index (χ0) is 6.41. The third-order valence-electron chi connectivity index (χ3n) is 0.870. The molecule has 0 amide bonds. The first-order valence-electron chi connectivity index (χ1n) is 2.74. The Hall–Kier alpha value is 0.270. The van der Waals surface area contributed by atoms with Crippen molar-refractivity contribution in [2.24, 2.45) is 0 Å². The topological polar surface area (TPSA) is 40.5 Å². The minimum atomic E-state index is -1.13. The molecule has 8 heavy (non-hydrogen) atoms. The number of aliphatic hydroxyl groups excluding tert-OH is 1. The molecule has 50 valence electrons. The summed E-state index contributed by atoms with van der Waals surface area (Å²) in [6.45, 7) is 0. The molecule has 0 aliphatic rings. The van der Waals surface area contributed by atoms with Gasteiger partial charge in [-0.2, -0.15) is 12.6 Å². The van der Waals surface area contributed by atoms with Crippen LogP contribution in [0, 0.1) is 0 Å². The lowest BCUT2D eigenvalue weighted by molar-refractivity contribution is -0.0462. The SMILES string of the molecule is OC(O)CCCCS. The average molecular weight is 136 g/mol. The van der Waals surface area contributed by atoms with Crippen LogP contribution >= 0.6 is 12.6 Å². The van der Waals surface area contributed by atoms with Crippen LogP contribution in [0.15, 0.2) is 0 Å².